The molecule has 27 heavy (non-hydrogen) atoms. The van der Waals surface area contributed by atoms with Crippen LogP contribution in [0.15, 0.2) is 41.8 Å². The predicted molar refractivity (Wildman–Crippen MR) is 104 cm³/mol. The summed E-state index contributed by atoms with van der Waals surface area (Å²) in [6, 6.07) is 5.28. The van der Waals surface area contributed by atoms with Crippen LogP contribution in [0, 0.1) is 0 Å². The van der Waals surface area contributed by atoms with Crippen molar-refractivity contribution in [3.8, 4) is 0 Å². The number of hydrogen-bond donors (Lipinski definition) is 1. The lowest BCUT2D eigenvalue weighted by atomic mass is 10.2. The number of hydrogen-bond acceptors (Lipinski definition) is 5. The summed E-state index contributed by atoms with van der Waals surface area (Å²) >= 11 is 0. The first-order valence-electron chi connectivity index (χ1n) is 8.75. The fourth-order valence-electron chi connectivity index (χ4n) is 2.62. The highest BCUT2D eigenvalue weighted by molar-refractivity contribution is 7.89. The van der Waals surface area contributed by atoms with Gasteiger partial charge in [-0.15, -0.1) is 6.58 Å². The van der Waals surface area contributed by atoms with Crippen molar-refractivity contribution in [3.05, 3.63) is 42.5 Å². The van der Waals surface area contributed by atoms with Crippen LogP contribution in [0.4, 0.5) is 0 Å². The number of sulfonamides is 1. The van der Waals surface area contributed by atoms with E-state index in [1.807, 2.05) is 27.7 Å². The van der Waals surface area contributed by atoms with Crippen LogP contribution in [-0.2, 0) is 19.6 Å². The molecular formula is C19H28N2O5S. The zero-order valence-electron chi connectivity index (χ0n) is 16.4. The third-order valence-electron chi connectivity index (χ3n) is 3.82. The smallest absolute Gasteiger partial charge is 0.338 e. The Morgan fingerprint density at radius 2 is 1.63 bits per heavy atom. The Labute approximate surface area is 161 Å². The molecule has 0 heterocycles. The Kier molecular flexibility index (Phi) is 8.18. The molecule has 1 aromatic carbocycles. The van der Waals surface area contributed by atoms with Gasteiger partial charge in [0.1, 0.15) is 0 Å². The van der Waals surface area contributed by atoms with Crippen molar-refractivity contribution in [3.63, 3.8) is 0 Å². The molecule has 0 bridgehead atoms. The van der Waals surface area contributed by atoms with Gasteiger partial charge in [-0.1, -0.05) is 6.08 Å². The topological polar surface area (TPSA) is 92.8 Å². The first-order chi connectivity index (χ1) is 12.5. The molecule has 0 radical (unpaired) electrons. The molecule has 1 N–H and O–H groups in total. The maximum absolute atomic E-state index is 12.5. The van der Waals surface area contributed by atoms with Crippen molar-refractivity contribution in [1.29, 1.82) is 0 Å². The summed E-state index contributed by atoms with van der Waals surface area (Å²) in [6.07, 6.45) is 0.485. The van der Waals surface area contributed by atoms with E-state index >= 15 is 0 Å². The molecule has 7 nitrogen and oxygen atoms in total. The van der Waals surface area contributed by atoms with Crippen LogP contribution >= 0.6 is 0 Å². The average Bonchev–Trinajstić information content (AvgIpc) is 2.59. The second-order valence-corrected chi connectivity index (χ2v) is 8.41. The number of carbonyl (C=O) groups is 2. The van der Waals surface area contributed by atoms with Crippen molar-refractivity contribution in [2.24, 2.45) is 0 Å². The maximum atomic E-state index is 12.5. The molecule has 0 aliphatic carbocycles. The first-order valence-corrected chi connectivity index (χ1v) is 10.2. The van der Waals surface area contributed by atoms with Crippen LogP contribution in [0.2, 0.25) is 0 Å². The summed E-state index contributed by atoms with van der Waals surface area (Å²) in [5.74, 6) is -0.965. The van der Waals surface area contributed by atoms with Crippen molar-refractivity contribution < 1.29 is 22.7 Å². The lowest BCUT2D eigenvalue weighted by Crippen LogP contribution is -2.47. The van der Waals surface area contributed by atoms with Gasteiger partial charge in [0.05, 0.1) is 10.5 Å². The van der Waals surface area contributed by atoms with Gasteiger partial charge in [0.25, 0.3) is 5.91 Å². The van der Waals surface area contributed by atoms with Crippen molar-refractivity contribution in [1.82, 2.24) is 9.62 Å². The summed E-state index contributed by atoms with van der Waals surface area (Å²) < 4.78 is 31.6. The minimum Gasteiger partial charge on any atom is -0.449 e. The number of benzene rings is 1. The van der Waals surface area contributed by atoms with E-state index in [2.05, 4.69) is 11.3 Å². The van der Waals surface area contributed by atoms with E-state index in [0.717, 1.165) is 0 Å². The van der Waals surface area contributed by atoms with E-state index in [1.165, 1.54) is 37.3 Å². The molecule has 1 atom stereocenters. The first kappa shape index (κ1) is 22.9. The van der Waals surface area contributed by atoms with Gasteiger partial charge in [-0.25, -0.2) is 17.9 Å². The number of nitrogens with one attached hydrogen (secondary N) is 1. The Morgan fingerprint density at radius 1 is 1.11 bits per heavy atom. The molecule has 1 amide bonds. The third kappa shape index (κ3) is 6.18. The van der Waals surface area contributed by atoms with Crippen LogP contribution < -0.4 is 4.72 Å². The molecule has 0 unspecified atom stereocenters. The molecule has 0 saturated carbocycles. The largest absolute Gasteiger partial charge is 0.449 e. The van der Waals surface area contributed by atoms with Gasteiger partial charge in [0.15, 0.2) is 6.10 Å². The van der Waals surface area contributed by atoms with Gasteiger partial charge >= 0.3 is 5.97 Å². The van der Waals surface area contributed by atoms with Crippen LogP contribution in [0.5, 0.6) is 0 Å². The molecule has 150 valence electrons. The van der Waals surface area contributed by atoms with Gasteiger partial charge in [-0.2, -0.15) is 0 Å². The highest BCUT2D eigenvalue weighted by Gasteiger charge is 2.28. The monoisotopic (exact) mass is 396 g/mol. The number of nitrogens with zero attached hydrogens (tertiary/aromatic N) is 1. The van der Waals surface area contributed by atoms with E-state index < -0.39 is 22.1 Å². The van der Waals surface area contributed by atoms with Gasteiger partial charge < -0.3 is 9.64 Å². The summed E-state index contributed by atoms with van der Waals surface area (Å²) in [7, 11) is -3.67. The van der Waals surface area contributed by atoms with Crippen molar-refractivity contribution in [2.45, 2.75) is 57.7 Å². The second kappa shape index (κ2) is 9.66. The minimum absolute atomic E-state index is 0.0220. The molecule has 0 fully saturated rings. The standard InChI is InChI=1S/C19H28N2O5S/c1-7-12-20-27(24,25)17-10-8-16(9-11-17)19(23)26-15(6)18(22)21(13(2)3)14(4)5/h7-11,13-15,20H,1,12H2,2-6H3/t15-/m1/s1. The molecule has 0 aromatic heterocycles. The van der Waals surface area contributed by atoms with Gasteiger partial charge in [0.2, 0.25) is 10.0 Å². The highest BCUT2D eigenvalue weighted by atomic mass is 32.2. The quantitative estimate of drug-likeness (QED) is 0.511. The fourth-order valence-corrected chi connectivity index (χ4v) is 3.61. The van der Waals surface area contributed by atoms with Gasteiger partial charge in [-0.3, -0.25) is 4.79 Å². The predicted octanol–water partition coefficient (Wildman–Crippen LogP) is 2.34. The zero-order chi connectivity index (χ0) is 20.8. The van der Waals surface area contributed by atoms with E-state index in [1.54, 1.807) is 4.90 Å². The maximum Gasteiger partial charge on any atom is 0.338 e. The second-order valence-electron chi connectivity index (χ2n) is 6.65. The van der Waals surface area contributed by atoms with Gasteiger partial charge in [0, 0.05) is 18.6 Å². The molecule has 0 saturated heterocycles. The number of rotatable bonds is 9. The normalized spacial score (nSPS) is 12.7. The molecule has 0 spiro atoms. The third-order valence-corrected chi connectivity index (χ3v) is 5.26. The number of amides is 1. The highest BCUT2D eigenvalue weighted by Crippen LogP contribution is 2.14. The summed E-state index contributed by atoms with van der Waals surface area (Å²) in [5.41, 5.74) is 0.165. The SMILES string of the molecule is C=CCNS(=O)(=O)c1ccc(C(=O)O[C@H](C)C(=O)N(C(C)C)C(C)C)cc1. The van der Waals surface area contributed by atoms with E-state index in [-0.39, 0.29) is 35.0 Å². The molecule has 0 aliphatic heterocycles. The fraction of sp³-hybridized carbons (Fsp3) is 0.474. The van der Waals surface area contributed by atoms with E-state index in [9.17, 15) is 18.0 Å². The number of esters is 1. The van der Waals surface area contributed by atoms with E-state index in [0.29, 0.717) is 0 Å². The minimum atomic E-state index is -3.67. The molecular weight excluding hydrogens is 368 g/mol. The Bertz CT molecular complexity index is 762. The summed E-state index contributed by atoms with van der Waals surface area (Å²) in [5, 5.41) is 0. The number of carbonyl (C=O) groups excluding carboxylic acids is 2. The van der Waals surface area contributed by atoms with Gasteiger partial charge in [-0.05, 0) is 58.9 Å². The summed E-state index contributed by atoms with van der Waals surface area (Å²) in [4.78, 5) is 26.5. The Balaban J connectivity index is 2.86. The lowest BCUT2D eigenvalue weighted by molar-refractivity contribution is -0.143. The van der Waals surface area contributed by atoms with E-state index in [4.69, 9.17) is 4.74 Å². The average molecular weight is 397 g/mol. The van der Waals surface area contributed by atoms with Crippen molar-refractivity contribution in [2.75, 3.05) is 6.54 Å². The van der Waals surface area contributed by atoms with Crippen LogP contribution in [0.3, 0.4) is 0 Å². The number of ether oxygens (including phenoxy) is 1. The van der Waals surface area contributed by atoms with Crippen molar-refractivity contribution >= 4 is 21.9 Å². The van der Waals surface area contributed by atoms with Crippen LogP contribution in [-0.4, -0.2) is 49.9 Å². The zero-order valence-corrected chi connectivity index (χ0v) is 17.2. The molecule has 1 aromatic rings. The van der Waals surface area contributed by atoms with Crippen LogP contribution in [0.25, 0.3) is 0 Å². The molecule has 8 heteroatoms. The Hall–Kier alpha value is -2.19. The summed E-state index contributed by atoms with van der Waals surface area (Å²) in [6.45, 7) is 12.7. The van der Waals surface area contributed by atoms with Crippen LogP contribution in [0.1, 0.15) is 45.0 Å². The molecule has 1 rings (SSSR count). The lowest BCUT2D eigenvalue weighted by Gasteiger charge is -2.32. The molecule has 0 aliphatic rings. The Morgan fingerprint density at radius 3 is 2.07 bits per heavy atom.